The summed E-state index contributed by atoms with van der Waals surface area (Å²) in [6, 6.07) is 18.0. The number of morpholine rings is 1. The minimum Gasteiger partial charge on any atom is -0.378 e. The molecular formula is C21H26N2O2. The van der Waals surface area contributed by atoms with Gasteiger partial charge in [-0.05, 0) is 35.7 Å². The van der Waals surface area contributed by atoms with Crippen LogP contribution in [0.4, 0.5) is 5.69 Å². The van der Waals surface area contributed by atoms with E-state index in [1.54, 1.807) is 0 Å². The lowest BCUT2D eigenvalue weighted by Crippen LogP contribution is -2.36. The average Bonchev–Trinajstić information content (AvgIpc) is 2.67. The molecule has 25 heavy (non-hydrogen) atoms. The largest absolute Gasteiger partial charge is 0.378 e. The molecular weight excluding hydrogens is 312 g/mol. The Bertz CT molecular complexity index is 677. The summed E-state index contributed by atoms with van der Waals surface area (Å²) < 4.78 is 5.39. The fourth-order valence-electron chi connectivity index (χ4n) is 3.17. The summed E-state index contributed by atoms with van der Waals surface area (Å²) in [5.41, 5.74) is 2.97. The minimum absolute atomic E-state index is 0.00706. The van der Waals surface area contributed by atoms with Gasteiger partial charge < -0.3 is 15.0 Å². The third-order valence-corrected chi connectivity index (χ3v) is 4.62. The molecule has 0 aromatic heterocycles. The Morgan fingerprint density at radius 1 is 1.00 bits per heavy atom. The third kappa shape index (κ3) is 4.40. The highest BCUT2D eigenvalue weighted by Crippen LogP contribution is 2.22. The number of amides is 1. The minimum atomic E-state index is -0.0314. The van der Waals surface area contributed by atoms with Gasteiger partial charge in [-0.25, -0.2) is 0 Å². The zero-order valence-electron chi connectivity index (χ0n) is 14.9. The Labute approximate surface area is 149 Å². The number of rotatable bonds is 5. The number of ether oxygens (including phenoxy) is 1. The molecule has 1 aliphatic heterocycles. The second-order valence-electron chi connectivity index (χ2n) is 6.75. The highest BCUT2D eigenvalue weighted by molar-refractivity contribution is 5.94. The topological polar surface area (TPSA) is 41.6 Å². The van der Waals surface area contributed by atoms with Crippen molar-refractivity contribution in [3.05, 3.63) is 65.7 Å². The van der Waals surface area contributed by atoms with Crippen LogP contribution in [0.1, 0.15) is 35.8 Å². The SMILES string of the molecule is CC(C)[C@H](NC(=O)c1ccc(N2CCOCC2)cc1)c1ccccc1. The van der Waals surface area contributed by atoms with Crippen molar-refractivity contribution in [3.8, 4) is 0 Å². The molecule has 1 atom stereocenters. The van der Waals surface area contributed by atoms with Crippen LogP contribution in [0.3, 0.4) is 0 Å². The van der Waals surface area contributed by atoms with Crippen molar-refractivity contribution >= 4 is 11.6 Å². The van der Waals surface area contributed by atoms with Gasteiger partial charge in [0.25, 0.3) is 5.91 Å². The van der Waals surface area contributed by atoms with E-state index in [0.29, 0.717) is 11.5 Å². The highest BCUT2D eigenvalue weighted by atomic mass is 16.5. The molecule has 2 aromatic rings. The van der Waals surface area contributed by atoms with Gasteiger partial charge in [-0.1, -0.05) is 44.2 Å². The van der Waals surface area contributed by atoms with Crippen LogP contribution in [0.2, 0.25) is 0 Å². The van der Waals surface area contributed by atoms with Gasteiger partial charge >= 0.3 is 0 Å². The fourth-order valence-corrected chi connectivity index (χ4v) is 3.17. The van der Waals surface area contributed by atoms with Crippen LogP contribution in [0.25, 0.3) is 0 Å². The van der Waals surface area contributed by atoms with E-state index in [2.05, 4.69) is 36.2 Å². The number of nitrogens with zero attached hydrogens (tertiary/aromatic N) is 1. The standard InChI is InChI=1S/C21H26N2O2/c1-16(2)20(17-6-4-3-5-7-17)22-21(24)18-8-10-19(11-9-18)23-12-14-25-15-13-23/h3-11,16,20H,12-15H2,1-2H3,(H,22,24)/t20-/m0/s1. The van der Waals surface area contributed by atoms with E-state index in [4.69, 9.17) is 4.74 Å². The first kappa shape index (κ1) is 17.5. The molecule has 0 bridgehead atoms. The first-order valence-corrected chi connectivity index (χ1v) is 8.93. The van der Waals surface area contributed by atoms with Crippen LogP contribution in [0.5, 0.6) is 0 Å². The number of carbonyl (C=O) groups is 1. The second-order valence-corrected chi connectivity index (χ2v) is 6.75. The van der Waals surface area contributed by atoms with Crippen molar-refractivity contribution in [2.24, 2.45) is 5.92 Å². The predicted molar refractivity (Wildman–Crippen MR) is 101 cm³/mol. The molecule has 1 N–H and O–H groups in total. The molecule has 0 aliphatic carbocycles. The molecule has 0 radical (unpaired) electrons. The molecule has 1 amide bonds. The molecule has 1 fully saturated rings. The van der Waals surface area contributed by atoms with Crippen LogP contribution in [-0.4, -0.2) is 32.2 Å². The van der Waals surface area contributed by atoms with E-state index in [1.807, 2.05) is 42.5 Å². The van der Waals surface area contributed by atoms with E-state index in [-0.39, 0.29) is 11.9 Å². The molecule has 4 heteroatoms. The summed E-state index contributed by atoms with van der Waals surface area (Å²) in [5, 5.41) is 3.18. The number of nitrogens with one attached hydrogen (secondary N) is 1. The van der Waals surface area contributed by atoms with Crippen molar-refractivity contribution < 1.29 is 9.53 Å². The second kappa shape index (κ2) is 8.17. The van der Waals surface area contributed by atoms with E-state index < -0.39 is 0 Å². The van der Waals surface area contributed by atoms with Crippen LogP contribution in [0.15, 0.2) is 54.6 Å². The zero-order chi connectivity index (χ0) is 17.6. The Hall–Kier alpha value is -2.33. The van der Waals surface area contributed by atoms with Crippen molar-refractivity contribution in [2.75, 3.05) is 31.2 Å². The average molecular weight is 338 g/mol. The van der Waals surface area contributed by atoms with Gasteiger partial charge in [0, 0.05) is 24.3 Å². The molecule has 1 saturated heterocycles. The molecule has 0 unspecified atom stereocenters. The van der Waals surface area contributed by atoms with Gasteiger partial charge in [-0.15, -0.1) is 0 Å². The number of anilines is 1. The highest BCUT2D eigenvalue weighted by Gasteiger charge is 2.19. The molecule has 1 heterocycles. The quantitative estimate of drug-likeness (QED) is 0.905. The summed E-state index contributed by atoms with van der Waals surface area (Å²) >= 11 is 0. The van der Waals surface area contributed by atoms with Gasteiger partial charge in [-0.2, -0.15) is 0 Å². The maximum absolute atomic E-state index is 12.7. The molecule has 2 aromatic carbocycles. The Kier molecular flexibility index (Phi) is 5.71. The van der Waals surface area contributed by atoms with Crippen LogP contribution >= 0.6 is 0 Å². The number of carbonyl (C=O) groups excluding carboxylic acids is 1. The van der Waals surface area contributed by atoms with E-state index >= 15 is 0 Å². The van der Waals surface area contributed by atoms with Crippen molar-refractivity contribution in [1.29, 1.82) is 0 Å². The Morgan fingerprint density at radius 3 is 2.24 bits per heavy atom. The summed E-state index contributed by atoms with van der Waals surface area (Å²) in [7, 11) is 0. The predicted octanol–water partition coefficient (Wildman–Crippen LogP) is 3.65. The lowest BCUT2D eigenvalue weighted by atomic mass is 9.95. The molecule has 0 spiro atoms. The van der Waals surface area contributed by atoms with E-state index in [0.717, 1.165) is 37.6 Å². The van der Waals surface area contributed by atoms with Gasteiger partial charge in [0.15, 0.2) is 0 Å². The normalized spacial score (nSPS) is 15.9. The Morgan fingerprint density at radius 2 is 1.64 bits per heavy atom. The summed E-state index contributed by atoms with van der Waals surface area (Å²) in [6.07, 6.45) is 0. The smallest absolute Gasteiger partial charge is 0.251 e. The van der Waals surface area contributed by atoms with E-state index in [1.165, 1.54) is 0 Å². The monoisotopic (exact) mass is 338 g/mol. The lowest BCUT2D eigenvalue weighted by Gasteiger charge is -2.29. The number of hydrogen-bond donors (Lipinski definition) is 1. The molecule has 1 aliphatic rings. The summed E-state index contributed by atoms with van der Waals surface area (Å²) in [6.45, 7) is 7.56. The van der Waals surface area contributed by atoms with E-state index in [9.17, 15) is 4.79 Å². The van der Waals surface area contributed by atoms with Crippen molar-refractivity contribution in [3.63, 3.8) is 0 Å². The van der Waals surface area contributed by atoms with Crippen LogP contribution in [-0.2, 0) is 4.74 Å². The Balaban J connectivity index is 1.69. The number of hydrogen-bond acceptors (Lipinski definition) is 3. The third-order valence-electron chi connectivity index (χ3n) is 4.62. The zero-order valence-corrected chi connectivity index (χ0v) is 14.9. The van der Waals surface area contributed by atoms with Gasteiger partial charge in [-0.3, -0.25) is 4.79 Å². The molecule has 132 valence electrons. The fraction of sp³-hybridized carbons (Fsp3) is 0.381. The number of benzene rings is 2. The molecule has 3 rings (SSSR count). The lowest BCUT2D eigenvalue weighted by molar-refractivity contribution is 0.0925. The van der Waals surface area contributed by atoms with Crippen LogP contribution < -0.4 is 10.2 Å². The van der Waals surface area contributed by atoms with Crippen molar-refractivity contribution in [2.45, 2.75) is 19.9 Å². The maximum atomic E-state index is 12.7. The molecule has 0 saturated carbocycles. The first-order chi connectivity index (χ1) is 12.1. The van der Waals surface area contributed by atoms with Crippen molar-refractivity contribution in [1.82, 2.24) is 5.32 Å². The van der Waals surface area contributed by atoms with Gasteiger partial charge in [0.05, 0.1) is 19.3 Å². The van der Waals surface area contributed by atoms with Crippen LogP contribution in [0, 0.1) is 5.92 Å². The summed E-state index contributed by atoms with van der Waals surface area (Å²) in [5.74, 6) is 0.287. The maximum Gasteiger partial charge on any atom is 0.251 e. The first-order valence-electron chi connectivity index (χ1n) is 8.93. The summed E-state index contributed by atoms with van der Waals surface area (Å²) in [4.78, 5) is 15.0. The van der Waals surface area contributed by atoms with Gasteiger partial charge in [0.2, 0.25) is 0 Å². The molecule has 4 nitrogen and oxygen atoms in total. The van der Waals surface area contributed by atoms with Gasteiger partial charge in [0.1, 0.15) is 0 Å².